The average molecular weight is 260 g/mol. The highest BCUT2D eigenvalue weighted by molar-refractivity contribution is 5.97. The second-order valence-electron chi connectivity index (χ2n) is 5.31. The topological polar surface area (TPSA) is 17.1 Å². The number of carbonyl (C=O) groups is 1. The van der Waals surface area contributed by atoms with Crippen LogP contribution >= 0.6 is 0 Å². The Bertz CT molecular complexity index is 368. The van der Waals surface area contributed by atoms with Crippen molar-refractivity contribution < 1.29 is 4.79 Å². The van der Waals surface area contributed by atoms with Crippen molar-refractivity contribution in [2.24, 2.45) is 0 Å². The molecule has 1 rings (SSSR count). The standard InChI is InChI=1S/C18H28O/c1-3-5-6-7-8-9-10-15-18(19)17-14-12-11-13-16(17)4-2/h11-14H,3-10,15H2,1-2H3. The van der Waals surface area contributed by atoms with E-state index in [-0.39, 0.29) is 0 Å². The van der Waals surface area contributed by atoms with Crippen molar-refractivity contribution in [3.63, 3.8) is 0 Å². The minimum Gasteiger partial charge on any atom is -0.294 e. The first-order valence-corrected chi connectivity index (χ1v) is 7.90. The Hall–Kier alpha value is -1.11. The number of aryl methyl sites for hydroxylation is 1. The lowest BCUT2D eigenvalue weighted by molar-refractivity contribution is 0.0978. The number of hydrogen-bond donors (Lipinski definition) is 0. The Kier molecular flexibility index (Phi) is 8.20. The van der Waals surface area contributed by atoms with Crippen molar-refractivity contribution in [2.75, 3.05) is 0 Å². The predicted molar refractivity (Wildman–Crippen MR) is 82.8 cm³/mol. The Morgan fingerprint density at radius 2 is 1.53 bits per heavy atom. The van der Waals surface area contributed by atoms with Gasteiger partial charge in [-0.2, -0.15) is 0 Å². The summed E-state index contributed by atoms with van der Waals surface area (Å²) in [7, 11) is 0. The summed E-state index contributed by atoms with van der Waals surface area (Å²) < 4.78 is 0. The van der Waals surface area contributed by atoms with Gasteiger partial charge in [0.25, 0.3) is 0 Å². The van der Waals surface area contributed by atoms with Crippen LogP contribution in [0.15, 0.2) is 24.3 Å². The lowest BCUT2D eigenvalue weighted by atomic mass is 9.98. The van der Waals surface area contributed by atoms with Gasteiger partial charge in [-0.05, 0) is 18.4 Å². The Morgan fingerprint density at radius 3 is 2.21 bits per heavy atom. The van der Waals surface area contributed by atoms with E-state index in [2.05, 4.69) is 19.9 Å². The summed E-state index contributed by atoms with van der Waals surface area (Å²) in [6, 6.07) is 8.03. The molecule has 0 bridgehead atoms. The molecule has 1 aromatic rings. The molecule has 0 unspecified atom stereocenters. The van der Waals surface area contributed by atoms with E-state index in [0.29, 0.717) is 12.2 Å². The van der Waals surface area contributed by atoms with Gasteiger partial charge in [0.15, 0.2) is 5.78 Å². The van der Waals surface area contributed by atoms with Gasteiger partial charge in [0, 0.05) is 12.0 Å². The molecule has 0 aliphatic rings. The molecule has 0 spiro atoms. The fourth-order valence-electron chi connectivity index (χ4n) is 2.48. The molecule has 0 aromatic heterocycles. The first-order valence-electron chi connectivity index (χ1n) is 7.90. The highest BCUT2D eigenvalue weighted by Crippen LogP contribution is 2.15. The van der Waals surface area contributed by atoms with Gasteiger partial charge >= 0.3 is 0 Å². The number of rotatable bonds is 10. The van der Waals surface area contributed by atoms with Gasteiger partial charge in [0.05, 0.1) is 0 Å². The van der Waals surface area contributed by atoms with E-state index in [1.165, 1.54) is 44.1 Å². The third-order valence-electron chi connectivity index (χ3n) is 3.71. The second kappa shape index (κ2) is 9.77. The lowest BCUT2D eigenvalue weighted by Gasteiger charge is -2.06. The Morgan fingerprint density at radius 1 is 0.895 bits per heavy atom. The molecule has 0 heterocycles. The van der Waals surface area contributed by atoms with Crippen LogP contribution in [-0.2, 0) is 6.42 Å². The van der Waals surface area contributed by atoms with Crippen LogP contribution in [-0.4, -0.2) is 5.78 Å². The number of Topliss-reactive ketones (excluding diaryl/α,β-unsaturated/α-hetero) is 1. The van der Waals surface area contributed by atoms with Crippen molar-refractivity contribution >= 4 is 5.78 Å². The van der Waals surface area contributed by atoms with Gasteiger partial charge in [-0.15, -0.1) is 0 Å². The number of carbonyl (C=O) groups excluding carboxylic acids is 1. The minimum absolute atomic E-state index is 0.325. The maximum Gasteiger partial charge on any atom is 0.163 e. The van der Waals surface area contributed by atoms with Crippen LogP contribution in [0, 0.1) is 0 Å². The van der Waals surface area contributed by atoms with Crippen LogP contribution in [0.2, 0.25) is 0 Å². The molecule has 0 amide bonds. The van der Waals surface area contributed by atoms with E-state index in [1.54, 1.807) is 0 Å². The third kappa shape index (κ3) is 6.04. The van der Waals surface area contributed by atoms with E-state index >= 15 is 0 Å². The molecule has 0 N–H and O–H groups in total. The Balaban J connectivity index is 2.24. The van der Waals surface area contributed by atoms with Crippen molar-refractivity contribution in [1.82, 2.24) is 0 Å². The average Bonchev–Trinajstić information content (AvgIpc) is 2.46. The first kappa shape index (κ1) is 15.9. The largest absolute Gasteiger partial charge is 0.294 e. The van der Waals surface area contributed by atoms with Crippen LogP contribution in [0.1, 0.15) is 81.1 Å². The SMILES string of the molecule is CCCCCCCCCC(=O)c1ccccc1CC. The fraction of sp³-hybridized carbons (Fsp3) is 0.611. The fourth-order valence-corrected chi connectivity index (χ4v) is 2.48. The summed E-state index contributed by atoms with van der Waals surface area (Å²) in [6.07, 6.45) is 10.5. The molecule has 19 heavy (non-hydrogen) atoms. The summed E-state index contributed by atoms with van der Waals surface area (Å²) in [4.78, 5) is 12.2. The monoisotopic (exact) mass is 260 g/mol. The van der Waals surface area contributed by atoms with Gasteiger partial charge in [-0.25, -0.2) is 0 Å². The molecule has 0 aliphatic heterocycles. The molecule has 0 fully saturated rings. The molecule has 1 aromatic carbocycles. The molecule has 0 aliphatic carbocycles. The predicted octanol–water partition coefficient (Wildman–Crippen LogP) is 5.57. The summed E-state index contributed by atoms with van der Waals surface area (Å²) in [5, 5.41) is 0. The lowest BCUT2D eigenvalue weighted by Crippen LogP contribution is -2.03. The van der Waals surface area contributed by atoms with E-state index < -0.39 is 0 Å². The maximum absolute atomic E-state index is 12.2. The molecular formula is C18H28O. The van der Waals surface area contributed by atoms with Crippen LogP contribution in [0.4, 0.5) is 0 Å². The number of unbranched alkanes of at least 4 members (excludes halogenated alkanes) is 6. The van der Waals surface area contributed by atoms with Crippen LogP contribution in [0.25, 0.3) is 0 Å². The van der Waals surface area contributed by atoms with Crippen LogP contribution < -0.4 is 0 Å². The summed E-state index contributed by atoms with van der Waals surface area (Å²) in [5.74, 6) is 0.325. The van der Waals surface area contributed by atoms with Gasteiger partial charge in [-0.3, -0.25) is 4.79 Å². The molecule has 1 heteroatoms. The Labute approximate surface area is 118 Å². The molecule has 0 atom stereocenters. The first-order chi connectivity index (χ1) is 9.29. The van der Waals surface area contributed by atoms with Gasteiger partial charge in [0.2, 0.25) is 0 Å². The summed E-state index contributed by atoms with van der Waals surface area (Å²) in [6.45, 7) is 4.35. The van der Waals surface area contributed by atoms with Crippen LogP contribution in [0.5, 0.6) is 0 Å². The quantitative estimate of drug-likeness (QED) is 0.397. The molecule has 0 saturated heterocycles. The zero-order valence-corrected chi connectivity index (χ0v) is 12.6. The van der Waals surface area contributed by atoms with Gasteiger partial charge in [-0.1, -0.05) is 76.6 Å². The number of ketones is 1. The number of benzene rings is 1. The van der Waals surface area contributed by atoms with Gasteiger partial charge in [0.1, 0.15) is 0 Å². The van der Waals surface area contributed by atoms with Crippen LogP contribution in [0.3, 0.4) is 0 Å². The summed E-state index contributed by atoms with van der Waals surface area (Å²) >= 11 is 0. The van der Waals surface area contributed by atoms with Crippen molar-refractivity contribution in [3.8, 4) is 0 Å². The number of hydrogen-bond acceptors (Lipinski definition) is 1. The molecule has 0 radical (unpaired) electrons. The molecule has 0 saturated carbocycles. The third-order valence-corrected chi connectivity index (χ3v) is 3.71. The van der Waals surface area contributed by atoms with Gasteiger partial charge < -0.3 is 0 Å². The van der Waals surface area contributed by atoms with Crippen molar-refractivity contribution in [1.29, 1.82) is 0 Å². The zero-order valence-electron chi connectivity index (χ0n) is 12.6. The summed E-state index contributed by atoms with van der Waals surface area (Å²) in [5.41, 5.74) is 2.13. The zero-order chi connectivity index (χ0) is 13.9. The van der Waals surface area contributed by atoms with Crippen molar-refractivity contribution in [2.45, 2.75) is 71.6 Å². The van der Waals surface area contributed by atoms with E-state index in [9.17, 15) is 4.79 Å². The highest BCUT2D eigenvalue weighted by Gasteiger charge is 2.08. The smallest absolute Gasteiger partial charge is 0.163 e. The molecule has 106 valence electrons. The second-order valence-corrected chi connectivity index (χ2v) is 5.31. The normalized spacial score (nSPS) is 10.6. The van der Waals surface area contributed by atoms with E-state index in [0.717, 1.165) is 18.4 Å². The molecule has 1 nitrogen and oxygen atoms in total. The van der Waals surface area contributed by atoms with E-state index in [4.69, 9.17) is 0 Å². The maximum atomic E-state index is 12.2. The van der Waals surface area contributed by atoms with Crippen molar-refractivity contribution in [3.05, 3.63) is 35.4 Å². The molecular weight excluding hydrogens is 232 g/mol. The van der Waals surface area contributed by atoms with E-state index in [1.807, 2.05) is 18.2 Å². The minimum atomic E-state index is 0.325. The highest BCUT2D eigenvalue weighted by atomic mass is 16.1.